The molecule has 0 bridgehead atoms. The van der Waals surface area contributed by atoms with E-state index in [1.54, 1.807) is 12.1 Å². The molecule has 1 aromatic carbocycles. The largest absolute Gasteiger partial charge is 0.480 e. The predicted octanol–water partition coefficient (Wildman–Crippen LogP) is 4.92. The Morgan fingerprint density at radius 1 is 1.35 bits per heavy atom. The van der Waals surface area contributed by atoms with Crippen molar-refractivity contribution in [2.75, 3.05) is 20.2 Å². The molecule has 140 valence electrons. The second-order valence-corrected chi connectivity index (χ2v) is 7.70. The maximum absolute atomic E-state index is 12.9. The van der Waals surface area contributed by atoms with Crippen molar-refractivity contribution in [3.8, 4) is 5.88 Å². The number of ether oxygens (including phenoxy) is 1. The van der Waals surface area contributed by atoms with Crippen molar-refractivity contribution in [1.29, 1.82) is 0 Å². The Labute approximate surface area is 166 Å². The lowest BCUT2D eigenvalue weighted by Crippen LogP contribution is -2.42. The lowest BCUT2D eigenvalue weighted by Gasteiger charge is -2.33. The van der Waals surface area contributed by atoms with Gasteiger partial charge in [-0.2, -0.15) is 13.2 Å². The van der Waals surface area contributed by atoms with Crippen LogP contribution >= 0.6 is 34.2 Å². The first-order chi connectivity index (χ1) is 12.2. The third-order valence-corrected chi connectivity index (χ3v) is 5.57. The number of nitrogens with zero attached hydrogens (tertiary/aromatic N) is 2. The average molecular weight is 499 g/mol. The van der Waals surface area contributed by atoms with Crippen LogP contribution in [0.5, 0.6) is 5.88 Å². The van der Waals surface area contributed by atoms with E-state index in [1.807, 2.05) is 6.07 Å². The lowest BCUT2D eigenvalue weighted by atomic mass is 9.96. The summed E-state index contributed by atoms with van der Waals surface area (Å²) < 4.78 is 44.6. The summed E-state index contributed by atoms with van der Waals surface area (Å²) in [7, 11) is 1.38. The van der Waals surface area contributed by atoms with E-state index in [0.29, 0.717) is 10.9 Å². The number of aromatic nitrogens is 1. The Morgan fingerprint density at radius 2 is 2.00 bits per heavy atom. The van der Waals surface area contributed by atoms with E-state index < -0.39 is 18.0 Å². The molecule has 0 radical (unpaired) electrons. The molecule has 0 N–H and O–H groups in total. The summed E-state index contributed by atoms with van der Waals surface area (Å²) >= 11 is 8.59. The second-order valence-electron chi connectivity index (χ2n) is 6.08. The van der Waals surface area contributed by atoms with E-state index >= 15 is 0 Å². The maximum atomic E-state index is 12.9. The van der Waals surface area contributed by atoms with Crippen molar-refractivity contribution < 1.29 is 22.7 Å². The Hall–Kier alpha value is -1.29. The first-order valence-corrected chi connectivity index (χ1v) is 9.36. The van der Waals surface area contributed by atoms with Crippen molar-refractivity contribution in [2.45, 2.75) is 19.0 Å². The molecular weight excluding hydrogens is 484 g/mol. The fourth-order valence-corrected chi connectivity index (χ4v) is 3.88. The quantitative estimate of drug-likeness (QED) is 0.553. The van der Waals surface area contributed by atoms with Gasteiger partial charge in [-0.1, -0.05) is 11.6 Å². The van der Waals surface area contributed by atoms with Gasteiger partial charge >= 0.3 is 6.18 Å². The van der Waals surface area contributed by atoms with E-state index in [4.69, 9.17) is 16.3 Å². The van der Waals surface area contributed by atoms with Crippen LogP contribution in [0.3, 0.4) is 0 Å². The van der Waals surface area contributed by atoms with Gasteiger partial charge in [0.05, 0.1) is 23.6 Å². The zero-order valence-corrected chi connectivity index (χ0v) is 16.7. The van der Waals surface area contributed by atoms with Crippen LogP contribution in [-0.2, 0) is 0 Å². The third-order valence-electron chi connectivity index (χ3n) is 4.50. The number of carbonyl (C=O) groups excluding carboxylic acids is 1. The monoisotopic (exact) mass is 498 g/mol. The number of halogens is 5. The molecule has 26 heavy (non-hydrogen) atoms. The molecule has 2 aromatic rings. The maximum Gasteiger partial charge on any atom is 0.391 e. The summed E-state index contributed by atoms with van der Waals surface area (Å²) in [5.74, 6) is -1.76. The summed E-state index contributed by atoms with van der Waals surface area (Å²) in [5.41, 5.74) is 0.675. The minimum atomic E-state index is -4.23. The molecule has 1 aliphatic heterocycles. The number of piperidine rings is 1. The Balaban J connectivity index is 1.94. The number of rotatable bonds is 2. The Kier molecular flexibility index (Phi) is 5.53. The minimum absolute atomic E-state index is 0.0207. The van der Waals surface area contributed by atoms with Crippen LogP contribution in [0.1, 0.15) is 23.2 Å². The number of fused-ring (bicyclic) bond motifs is 1. The van der Waals surface area contributed by atoms with Crippen LogP contribution in [0.15, 0.2) is 18.2 Å². The molecule has 0 atom stereocenters. The van der Waals surface area contributed by atoms with Crippen LogP contribution in [0.4, 0.5) is 13.2 Å². The fourth-order valence-electron chi connectivity index (χ4n) is 3.08. The van der Waals surface area contributed by atoms with Gasteiger partial charge in [0, 0.05) is 22.0 Å². The highest BCUT2D eigenvalue weighted by atomic mass is 127. The molecule has 1 amide bonds. The van der Waals surface area contributed by atoms with Gasteiger partial charge in [-0.25, -0.2) is 4.98 Å². The van der Waals surface area contributed by atoms with E-state index in [-0.39, 0.29) is 42.4 Å². The second kappa shape index (κ2) is 7.38. The van der Waals surface area contributed by atoms with E-state index in [2.05, 4.69) is 27.6 Å². The number of likely N-dealkylation sites (tertiary alicyclic amines) is 1. The van der Waals surface area contributed by atoms with Crippen molar-refractivity contribution in [3.63, 3.8) is 0 Å². The first kappa shape index (κ1) is 19.5. The van der Waals surface area contributed by atoms with E-state index in [9.17, 15) is 18.0 Å². The SMILES string of the molecule is COc1nc2ccc(I)cc2c(Cl)c1C(=O)N1CCC(C(F)(F)F)CC1. The molecule has 1 aromatic heterocycles. The summed E-state index contributed by atoms with van der Waals surface area (Å²) in [6, 6.07) is 5.43. The van der Waals surface area contributed by atoms with Gasteiger partial charge in [-0.15, -0.1) is 0 Å². The van der Waals surface area contributed by atoms with E-state index in [1.165, 1.54) is 12.0 Å². The zero-order valence-electron chi connectivity index (χ0n) is 13.7. The summed E-state index contributed by atoms with van der Waals surface area (Å²) in [5, 5.41) is 0.807. The van der Waals surface area contributed by atoms with E-state index in [0.717, 1.165) is 3.57 Å². The average Bonchev–Trinajstić information content (AvgIpc) is 2.61. The summed E-state index contributed by atoms with van der Waals surface area (Å²) in [6.07, 6.45) is -4.46. The smallest absolute Gasteiger partial charge is 0.391 e. The molecule has 1 fully saturated rings. The molecule has 2 heterocycles. The van der Waals surface area contributed by atoms with Crippen LogP contribution in [0.25, 0.3) is 10.9 Å². The number of amides is 1. The summed E-state index contributed by atoms with van der Waals surface area (Å²) in [6.45, 7) is 0.0414. The number of methoxy groups -OCH3 is 1. The van der Waals surface area contributed by atoms with Crippen LogP contribution in [0, 0.1) is 9.49 Å². The molecule has 0 aliphatic carbocycles. The number of hydrogen-bond acceptors (Lipinski definition) is 3. The highest BCUT2D eigenvalue weighted by Crippen LogP contribution is 2.37. The highest BCUT2D eigenvalue weighted by Gasteiger charge is 2.42. The lowest BCUT2D eigenvalue weighted by molar-refractivity contribution is -0.183. The van der Waals surface area contributed by atoms with Gasteiger partial charge in [0.2, 0.25) is 5.88 Å². The zero-order chi connectivity index (χ0) is 19.1. The van der Waals surface area contributed by atoms with Gasteiger partial charge in [0.1, 0.15) is 5.56 Å². The normalized spacial score (nSPS) is 16.2. The first-order valence-electron chi connectivity index (χ1n) is 7.91. The number of pyridine rings is 1. The fraction of sp³-hybridized carbons (Fsp3) is 0.412. The Morgan fingerprint density at radius 3 is 2.58 bits per heavy atom. The predicted molar refractivity (Wildman–Crippen MR) is 101 cm³/mol. The van der Waals surface area contributed by atoms with Crippen LogP contribution in [0.2, 0.25) is 5.02 Å². The molecule has 4 nitrogen and oxygen atoms in total. The third kappa shape index (κ3) is 3.71. The molecule has 9 heteroatoms. The van der Waals surface area contributed by atoms with Crippen LogP contribution in [-0.4, -0.2) is 42.2 Å². The number of carbonyl (C=O) groups is 1. The standard InChI is InChI=1S/C17H15ClF3IN2O2/c1-26-15-13(14(18)11-8-10(22)2-3-12(11)23-15)16(25)24-6-4-9(5-7-24)17(19,20)21/h2-3,8-9H,4-7H2,1H3. The molecule has 0 unspecified atom stereocenters. The molecule has 1 saturated heterocycles. The van der Waals surface area contributed by atoms with Crippen LogP contribution < -0.4 is 4.74 Å². The Bertz CT molecular complexity index is 852. The number of benzene rings is 1. The molecular formula is C17H15ClF3IN2O2. The van der Waals surface area contributed by atoms with Gasteiger partial charge in [-0.3, -0.25) is 4.79 Å². The van der Waals surface area contributed by atoms with Gasteiger partial charge < -0.3 is 9.64 Å². The van der Waals surface area contributed by atoms with Gasteiger partial charge in [0.25, 0.3) is 5.91 Å². The molecule has 0 spiro atoms. The van der Waals surface area contributed by atoms with Crippen molar-refractivity contribution in [2.24, 2.45) is 5.92 Å². The van der Waals surface area contributed by atoms with Crippen molar-refractivity contribution in [1.82, 2.24) is 9.88 Å². The molecule has 0 saturated carbocycles. The minimum Gasteiger partial charge on any atom is -0.480 e. The topological polar surface area (TPSA) is 42.4 Å². The van der Waals surface area contributed by atoms with Gasteiger partial charge in [0.15, 0.2) is 0 Å². The number of hydrogen-bond donors (Lipinski definition) is 0. The molecule has 3 rings (SSSR count). The highest BCUT2D eigenvalue weighted by molar-refractivity contribution is 14.1. The molecule has 1 aliphatic rings. The van der Waals surface area contributed by atoms with Crippen molar-refractivity contribution >= 4 is 51.0 Å². The summed E-state index contributed by atoms with van der Waals surface area (Å²) in [4.78, 5) is 18.6. The number of alkyl halides is 3. The van der Waals surface area contributed by atoms with Crippen molar-refractivity contribution in [3.05, 3.63) is 32.4 Å². The van der Waals surface area contributed by atoms with Gasteiger partial charge in [-0.05, 0) is 53.6 Å².